The average molecular weight is 233 g/mol. The van der Waals surface area contributed by atoms with Crippen LogP contribution in [0, 0.1) is 0 Å². The van der Waals surface area contributed by atoms with E-state index in [1.165, 1.54) is 0 Å². The second kappa shape index (κ2) is 6.68. The Balaban J connectivity index is 2.50. The Hall–Kier alpha value is -1.84. The normalized spacial score (nSPS) is 10.8. The highest BCUT2D eigenvalue weighted by molar-refractivity contribution is 5.81. The van der Waals surface area contributed by atoms with E-state index in [-0.39, 0.29) is 12.1 Å². The lowest BCUT2D eigenvalue weighted by atomic mass is 10.2. The molecule has 0 radical (unpaired) electrons. The van der Waals surface area contributed by atoms with Gasteiger partial charge >= 0.3 is 6.03 Å². The van der Waals surface area contributed by atoms with Crippen LogP contribution in [0.25, 0.3) is 0 Å². The van der Waals surface area contributed by atoms with E-state index in [2.05, 4.69) is 10.5 Å². The number of nitrogens with zero attached hydrogens (tertiary/aromatic N) is 2. The average Bonchev–Trinajstić information content (AvgIpc) is 2.30. The predicted molar refractivity (Wildman–Crippen MR) is 70.1 cm³/mol. The van der Waals surface area contributed by atoms with Crippen molar-refractivity contribution in [2.45, 2.75) is 26.8 Å². The van der Waals surface area contributed by atoms with Gasteiger partial charge in [-0.15, -0.1) is 0 Å². The quantitative estimate of drug-likeness (QED) is 0.630. The third-order valence-electron chi connectivity index (χ3n) is 2.40. The van der Waals surface area contributed by atoms with Gasteiger partial charge in [-0.05, 0) is 26.3 Å². The summed E-state index contributed by atoms with van der Waals surface area (Å²) in [6.45, 7) is 6.57. The predicted octanol–water partition coefficient (Wildman–Crippen LogP) is 2.46. The molecule has 4 nitrogen and oxygen atoms in total. The molecule has 17 heavy (non-hydrogen) atoms. The molecule has 0 fully saturated rings. The molecular weight excluding hydrogens is 214 g/mol. The van der Waals surface area contributed by atoms with Crippen LogP contribution in [0.3, 0.4) is 0 Å². The zero-order valence-corrected chi connectivity index (χ0v) is 10.6. The summed E-state index contributed by atoms with van der Waals surface area (Å²) in [7, 11) is 0. The number of carbonyl (C=O) groups excluding carboxylic acids is 1. The van der Waals surface area contributed by atoms with E-state index >= 15 is 0 Å². The van der Waals surface area contributed by atoms with Crippen molar-refractivity contribution in [1.29, 1.82) is 0 Å². The third-order valence-corrected chi connectivity index (χ3v) is 2.40. The summed E-state index contributed by atoms with van der Waals surface area (Å²) in [5.41, 5.74) is 3.48. The number of carbonyl (C=O) groups is 1. The van der Waals surface area contributed by atoms with Crippen LogP contribution < -0.4 is 5.43 Å². The molecule has 0 heterocycles. The standard InChI is InChI=1S/C13H19N3O/c1-4-16(11(2)3)13(17)15-14-10-12-8-6-5-7-9-12/h5-11H,4H2,1-3H3,(H,15,17)/b14-10+. The zero-order chi connectivity index (χ0) is 12.7. The van der Waals surface area contributed by atoms with Crippen molar-refractivity contribution in [2.24, 2.45) is 5.10 Å². The molecule has 0 aromatic heterocycles. The van der Waals surface area contributed by atoms with Crippen LogP contribution in [0.15, 0.2) is 35.4 Å². The fraction of sp³-hybridized carbons (Fsp3) is 0.385. The Bertz CT molecular complexity index is 374. The summed E-state index contributed by atoms with van der Waals surface area (Å²) in [5.74, 6) is 0. The molecule has 0 atom stereocenters. The SMILES string of the molecule is CCN(C(=O)N/N=C/c1ccccc1)C(C)C. The smallest absolute Gasteiger partial charge is 0.321 e. The van der Waals surface area contributed by atoms with Crippen LogP contribution in [0.5, 0.6) is 0 Å². The third kappa shape index (κ3) is 4.26. The van der Waals surface area contributed by atoms with Gasteiger partial charge in [-0.1, -0.05) is 30.3 Å². The Morgan fingerprint density at radius 1 is 1.41 bits per heavy atom. The summed E-state index contributed by atoms with van der Waals surface area (Å²) >= 11 is 0. The maximum atomic E-state index is 11.7. The van der Waals surface area contributed by atoms with Crippen molar-refractivity contribution >= 4 is 12.2 Å². The van der Waals surface area contributed by atoms with Crippen molar-refractivity contribution in [3.05, 3.63) is 35.9 Å². The highest BCUT2D eigenvalue weighted by Crippen LogP contribution is 1.98. The van der Waals surface area contributed by atoms with Gasteiger partial charge in [0.05, 0.1) is 6.21 Å². The number of rotatable bonds is 4. The molecule has 2 amide bonds. The number of urea groups is 1. The lowest BCUT2D eigenvalue weighted by molar-refractivity contribution is 0.187. The number of nitrogens with one attached hydrogen (secondary N) is 1. The fourth-order valence-corrected chi connectivity index (χ4v) is 1.51. The number of benzene rings is 1. The molecule has 1 aromatic carbocycles. The minimum atomic E-state index is -0.172. The maximum absolute atomic E-state index is 11.7. The highest BCUT2D eigenvalue weighted by Gasteiger charge is 2.13. The Morgan fingerprint density at radius 3 is 2.59 bits per heavy atom. The van der Waals surface area contributed by atoms with Gasteiger partial charge in [-0.25, -0.2) is 10.2 Å². The molecule has 0 bridgehead atoms. The summed E-state index contributed by atoms with van der Waals surface area (Å²) in [5, 5.41) is 3.93. The molecule has 0 unspecified atom stereocenters. The first-order chi connectivity index (χ1) is 8.15. The minimum Gasteiger partial charge on any atom is -0.321 e. The van der Waals surface area contributed by atoms with Crippen molar-refractivity contribution in [3.8, 4) is 0 Å². The van der Waals surface area contributed by atoms with Crippen molar-refractivity contribution in [2.75, 3.05) is 6.54 Å². The molecule has 1 rings (SSSR count). The van der Waals surface area contributed by atoms with Crippen LogP contribution in [0.2, 0.25) is 0 Å². The Labute approximate surface area is 102 Å². The molecule has 0 aliphatic heterocycles. The van der Waals surface area contributed by atoms with E-state index < -0.39 is 0 Å². The van der Waals surface area contributed by atoms with Gasteiger partial charge in [-0.3, -0.25) is 0 Å². The van der Waals surface area contributed by atoms with Crippen molar-refractivity contribution in [1.82, 2.24) is 10.3 Å². The fourth-order valence-electron chi connectivity index (χ4n) is 1.51. The van der Waals surface area contributed by atoms with Gasteiger partial charge in [0.15, 0.2) is 0 Å². The van der Waals surface area contributed by atoms with Gasteiger partial charge in [-0.2, -0.15) is 5.10 Å². The minimum absolute atomic E-state index is 0.172. The first-order valence-corrected chi connectivity index (χ1v) is 5.80. The van der Waals surface area contributed by atoms with E-state index in [1.54, 1.807) is 11.1 Å². The van der Waals surface area contributed by atoms with Gasteiger partial charge in [0.25, 0.3) is 0 Å². The van der Waals surface area contributed by atoms with E-state index in [0.29, 0.717) is 6.54 Å². The molecule has 0 spiro atoms. The van der Waals surface area contributed by atoms with E-state index in [0.717, 1.165) is 5.56 Å². The number of hydrazone groups is 1. The van der Waals surface area contributed by atoms with Crippen LogP contribution in [-0.2, 0) is 0 Å². The molecule has 92 valence electrons. The van der Waals surface area contributed by atoms with E-state index in [4.69, 9.17) is 0 Å². The molecule has 0 saturated heterocycles. The lowest BCUT2D eigenvalue weighted by Gasteiger charge is -2.23. The first kappa shape index (κ1) is 13.2. The van der Waals surface area contributed by atoms with Crippen LogP contribution in [-0.4, -0.2) is 29.7 Å². The van der Waals surface area contributed by atoms with Crippen LogP contribution in [0.1, 0.15) is 26.3 Å². The molecule has 0 aliphatic carbocycles. The topological polar surface area (TPSA) is 44.7 Å². The van der Waals surface area contributed by atoms with Gasteiger partial charge in [0.1, 0.15) is 0 Å². The number of hydrogen-bond donors (Lipinski definition) is 1. The van der Waals surface area contributed by atoms with Crippen LogP contribution >= 0.6 is 0 Å². The van der Waals surface area contributed by atoms with E-state index in [1.807, 2.05) is 51.1 Å². The molecular formula is C13H19N3O. The second-order valence-corrected chi connectivity index (χ2v) is 3.97. The monoisotopic (exact) mass is 233 g/mol. The molecule has 4 heteroatoms. The second-order valence-electron chi connectivity index (χ2n) is 3.97. The summed E-state index contributed by atoms with van der Waals surface area (Å²) in [6.07, 6.45) is 1.63. The van der Waals surface area contributed by atoms with Crippen molar-refractivity contribution < 1.29 is 4.79 Å². The molecule has 0 saturated carbocycles. The van der Waals surface area contributed by atoms with Crippen LogP contribution in [0.4, 0.5) is 4.79 Å². The largest absolute Gasteiger partial charge is 0.338 e. The van der Waals surface area contributed by atoms with Gasteiger partial charge in [0.2, 0.25) is 0 Å². The highest BCUT2D eigenvalue weighted by atomic mass is 16.2. The summed E-state index contributed by atoms with van der Waals surface area (Å²) in [4.78, 5) is 13.4. The zero-order valence-electron chi connectivity index (χ0n) is 10.6. The molecule has 1 aromatic rings. The van der Waals surface area contributed by atoms with E-state index in [9.17, 15) is 4.79 Å². The Morgan fingerprint density at radius 2 is 2.06 bits per heavy atom. The first-order valence-electron chi connectivity index (χ1n) is 5.80. The van der Waals surface area contributed by atoms with Crippen molar-refractivity contribution in [3.63, 3.8) is 0 Å². The number of amides is 2. The number of hydrogen-bond acceptors (Lipinski definition) is 2. The maximum Gasteiger partial charge on any atom is 0.338 e. The lowest BCUT2D eigenvalue weighted by Crippen LogP contribution is -2.41. The molecule has 1 N–H and O–H groups in total. The Kier molecular flexibility index (Phi) is 5.20. The molecule has 0 aliphatic rings. The van der Waals surface area contributed by atoms with Gasteiger partial charge in [0, 0.05) is 12.6 Å². The summed E-state index contributed by atoms with van der Waals surface area (Å²) < 4.78 is 0. The summed E-state index contributed by atoms with van der Waals surface area (Å²) in [6, 6.07) is 9.64. The van der Waals surface area contributed by atoms with Gasteiger partial charge < -0.3 is 4.90 Å².